The lowest BCUT2D eigenvalue weighted by Crippen LogP contribution is -2.42. The van der Waals surface area contributed by atoms with Gasteiger partial charge in [0.05, 0.1) is 24.0 Å². The van der Waals surface area contributed by atoms with E-state index in [9.17, 15) is 9.59 Å². The van der Waals surface area contributed by atoms with Crippen LogP contribution in [0.2, 0.25) is 0 Å². The largest absolute Gasteiger partial charge is 0.494 e. The fourth-order valence-electron chi connectivity index (χ4n) is 4.58. The number of hydrogen-bond acceptors (Lipinski definition) is 9. The summed E-state index contributed by atoms with van der Waals surface area (Å²) in [5.74, 6) is 0.0682. The summed E-state index contributed by atoms with van der Waals surface area (Å²) < 4.78 is 35.0. The van der Waals surface area contributed by atoms with Crippen LogP contribution < -0.4 is 20.3 Å². The van der Waals surface area contributed by atoms with Crippen LogP contribution in [0.5, 0.6) is 5.75 Å². The van der Waals surface area contributed by atoms with E-state index >= 15 is 0 Å². The highest BCUT2D eigenvalue weighted by molar-refractivity contribution is 6.00. The summed E-state index contributed by atoms with van der Waals surface area (Å²) in [4.78, 5) is 33.8. The molecule has 0 aliphatic carbocycles. The summed E-state index contributed by atoms with van der Waals surface area (Å²) in [5, 5.41) is 17.6. The molecule has 2 fully saturated rings. The van der Waals surface area contributed by atoms with E-state index < -0.39 is 12.9 Å². The molecule has 37 heavy (non-hydrogen) atoms. The predicted octanol–water partition coefficient (Wildman–Crippen LogP) is 1.80. The summed E-state index contributed by atoms with van der Waals surface area (Å²) >= 11 is 0. The molecular formula is C24H29N9O4. The molecule has 0 spiro atoms. The van der Waals surface area contributed by atoms with Gasteiger partial charge in [-0.3, -0.25) is 14.4 Å². The number of anilines is 3. The number of nitrogens with zero attached hydrogens (tertiary/aromatic N) is 7. The van der Waals surface area contributed by atoms with Crippen molar-refractivity contribution in [3.05, 3.63) is 36.3 Å². The SMILES string of the molecule is [2H]C([2H])([2H])NC(=O)c1nnc(N2CCN(C3CCOCC3)C2=O)cc1Nc1cccc(-c2ncn(C)n2)c1OC. The van der Waals surface area contributed by atoms with Crippen molar-refractivity contribution >= 4 is 29.1 Å². The summed E-state index contributed by atoms with van der Waals surface area (Å²) in [7, 11) is 3.23. The summed E-state index contributed by atoms with van der Waals surface area (Å²) in [6.07, 6.45) is 3.07. The van der Waals surface area contributed by atoms with Crippen LogP contribution in [0.25, 0.3) is 11.4 Å². The van der Waals surface area contributed by atoms with Crippen molar-refractivity contribution in [1.29, 1.82) is 0 Å². The van der Waals surface area contributed by atoms with E-state index in [4.69, 9.17) is 13.6 Å². The van der Waals surface area contributed by atoms with Gasteiger partial charge in [-0.05, 0) is 25.0 Å². The second-order valence-corrected chi connectivity index (χ2v) is 8.64. The van der Waals surface area contributed by atoms with Crippen molar-refractivity contribution in [3.8, 4) is 17.1 Å². The molecule has 2 aliphatic heterocycles. The molecular weight excluding hydrogens is 478 g/mol. The van der Waals surface area contributed by atoms with Gasteiger partial charge in [0.2, 0.25) is 0 Å². The van der Waals surface area contributed by atoms with Crippen LogP contribution in [-0.4, -0.2) is 88.2 Å². The molecule has 0 radical (unpaired) electrons. The zero-order valence-electron chi connectivity index (χ0n) is 23.5. The molecule has 2 aliphatic rings. The average Bonchev–Trinajstić information content (AvgIpc) is 3.53. The number of hydrogen-bond donors (Lipinski definition) is 2. The lowest BCUT2D eigenvalue weighted by molar-refractivity contribution is 0.0520. The Hall–Kier alpha value is -4.26. The van der Waals surface area contributed by atoms with Crippen molar-refractivity contribution in [1.82, 2.24) is 35.2 Å². The number of urea groups is 1. The van der Waals surface area contributed by atoms with Crippen LogP contribution in [0, 0.1) is 0 Å². The highest BCUT2D eigenvalue weighted by atomic mass is 16.5. The molecule has 0 atom stereocenters. The molecule has 0 unspecified atom stereocenters. The molecule has 194 valence electrons. The van der Waals surface area contributed by atoms with Crippen molar-refractivity contribution in [2.45, 2.75) is 18.9 Å². The quantitative estimate of drug-likeness (QED) is 0.487. The maximum atomic E-state index is 13.3. The number of methoxy groups -OCH3 is 1. The number of benzene rings is 1. The predicted molar refractivity (Wildman–Crippen MR) is 135 cm³/mol. The molecule has 3 amide bonds. The van der Waals surface area contributed by atoms with E-state index in [0.717, 1.165) is 12.8 Å². The van der Waals surface area contributed by atoms with E-state index in [0.29, 0.717) is 49.1 Å². The Kier molecular flexibility index (Phi) is 5.86. The maximum Gasteiger partial charge on any atom is 0.326 e. The normalized spacial score (nSPS) is 17.8. The van der Waals surface area contributed by atoms with Crippen LogP contribution in [0.1, 0.15) is 27.4 Å². The molecule has 5 rings (SSSR count). The number of amides is 3. The van der Waals surface area contributed by atoms with E-state index in [-0.39, 0.29) is 29.3 Å². The Labute approximate surface area is 218 Å². The van der Waals surface area contributed by atoms with Crippen LogP contribution in [0.3, 0.4) is 0 Å². The van der Waals surface area contributed by atoms with E-state index in [1.165, 1.54) is 18.1 Å². The van der Waals surface area contributed by atoms with Gasteiger partial charge in [0.25, 0.3) is 5.91 Å². The molecule has 13 nitrogen and oxygen atoms in total. The number of rotatable bonds is 7. The molecule has 4 heterocycles. The molecule has 0 bridgehead atoms. The number of nitrogens with one attached hydrogen (secondary N) is 2. The number of aromatic nitrogens is 5. The van der Waals surface area contributed by atoms with Gasteiger partial charge in [0.1, 0.15) is 6.33 Å². The van der Waals surface area contributed by atoms with Crippen molar-refractivity contribution in [3.63, 3.8) is 0 Å². The van der Waals surface area contributed by atoms with Crippen LogP contribution in [0.4, 0.5) is 22.0 Å². The van der Waals surface area contributed by atoms with Crippen molar-refractivity contribution in [2.75, 3.05) is 50.6 Å². The number of para-hydroxylation sites is 1. The fourth-order valence-corrected chi connectivity index (χ4v) is 4.58. The topological polar surface area (TPSA) is 140 Å². The van der Waals surface area contributed by atoms with Crippen LogP contribution >= 0.6 is 0 Å². The molecule has 0 saturated carbocycles. The van der Waals surface area contributed by atoms with Gasteiger partial charge in [-0.2, -0.15) is 5.10 Å². The standard InChI is InChI=1S/C24H29N9O4/c1-25-23(34)20-18(27-17-6-4-5-16(21(17)36-3)22-26-14-31(2)30-22)13-19(28-29-20)33-10-9-32(24(33)35)15-7-11-37-12-8-15/h4-6,13-15H,7-12H2,1-3H3,(H,25,34)(H,27,28)/i1D3. The van der Waals surface area contributed by atoms with Crippen molar-refractivity contribution < 1.29 is 23.2 Å². The molecule has 2 saturated heterocycles. The van der Waals surface area contributed by atoms with Gasteiger partial charge in [0.15, 0.2) is 23.1 Å². The molecule has 3 aromatic rings. The highest BCUT2D eigenvalue weighted by Crippen LogP contribution is 2.37. The molecule has 2 aromatic heterocycles. The van der Waals surface area contributed by atoms with Crippen LogP contribution in [-0.2, 0) is 11.8 Å². The van der Waals surface area contributed by atoms with Crippen LogP contribution in [0.15, 0.2) is 30.6 Å². The Morgan fingerprint density at radius 2 is 2.05 bits per heavy atom. The van der Waals surface area contributed by atoms with Gasteiger partial charge in [-0.15, -0.1) is 10.2 Å². The number of carbonyl (C=O) groups is 2. The Morgan fingerprint density at radius 1 is 1.22 bits per heavy atom. The highest BCUT2D eigenvalue weighted by Gasteiger charge is 2.36. The monoisotopic (exact) mass is 510 g/mol. The molecule has 1 aromatic carbocycles. The Balaban J connectivity index is 1.50. The maximum absolute atomic E-state index is 13.3. The third-order valence-corrected chi connectivity index (χ3v) is 6.39. The second kappa shape index (κ2) is 10.4. The summed E-state index contributed by atoms with van der Waals surface area (Å²) in [6.45, 7) is -0.640. The smallest absolute Gasteiger partial charge is 0.326 e. The third kappa shape index (κ3) is 4.77. The van der Waals surface area contributed by atoms with E-state index in [2.05, 4.69) is 25.6 Å². The first kappa shape index (κ1) is 20.9. The van der Waals surface area contributed by atoms with E-state index in [1.54, 1.807) is 41.2 Å². The molecule has 2 N–H and O–H groups in total. The van der Waals surface area contributed by atoms with E-state index in [1.807, 2.05) is 5.32 Å². The van der Waals surface area contributed by atoms with Gasteiger partial charge in [-0.25, -0.2) is 9.78 Å². The number of aryl methyl sites for hydroxylation is 1. The zero-order chi connectivity index (χ0) is 28.4. The van der Waals surface area contributed by atoms with Gasteiger partial charge < -0.3 is 25.0 Å². The van der Waals surface area contributed by atoms with Gasteiger partial charge >= 0.3 is 6.03 Å². The minimum absolute atomic E-state index is 0.0772. The Morgan fingerprint density at radius 3 is 2.78 bits per heavy atom. The minimum atomic E-state index is -2.74. The minimum Gasteiger partial charge on any atom is -0.494 e. The van der Waals surface area contributed by atoms with Crippen molar-refractivity contribution in [2.24, 2.45) is 7.05 Å². The summed E-state index contributed by atoms with van der Waals surface area (Å²) in [5.41, 5.74) is 0.890. The zero-order valence-corrected chi connectivity index (χ0v) is 20.5. The number of ether oxygens (including phenoxy) is 2. The first-order valence-electron chi connectivity index (χ1n) is 13.3. The van der Waals surface area contributed by atoms with Gasteiger partial charge in [-0.1, -0.05) is 6.07 Å². The first-order chi connectivity index (χ1) is 19.1. The van der Waals surface area contributed by atoms with Gasteiger partial charge in [0, 0.05) is 56.5 Å². The number of carbonyl (C=O) groups excluding carboxylic acids is 2. The average molecular weight is 511 g/mol. The Bertz CT molecular complexity index is 1410. The first-order valence-corrected chi connectivity index (χ1v) is 11.8. The fraction of sp³-hybridized carbons (Fsp3) is 0.417. The second-order valence-electron chi connectivity index (χ2n) is 8.64. The molecule has 13 heteroatoms. The summed E-state index contributed by atoms with van der Waals surface area (Å²) in [6, 6.07) is 6.61. The third-order valence-electron chi connectivity index (χ3n) is 6.39. The lowest BCUT2D eigenvalue weighted by atomic mass is 10.1. The lowest BCUT2D eigenvalue weighted by Gasteiger charge is -2.30.